The molecule has 0 unspecified atom stereocenters. The van der Waals surface area contributed by atoms with Crippen molar-refractivity contribution in [1.29, 1.82) is 0 Å². The molecule has 23 heavy (non-hydrogen) atoms. The van der Waals surface area contributed by atoms with Crippen LogP contribution in [-0.4, -0.2) is 43.3 Å². The fourth-order valence-electron chi connectivity index (χ4n) is 2.88. The molecule has 0 radical (unpaired) electrons. The molecular weight excluding hydrogens is 322 g/mol. The van der Waals surface area contributed by atoms with Gasteiger partial charge in [-0.25, -0.2) is 9.59 Å². The second kappa shape index (κ2) is 5.58. The van der Waals surface area contributed by atoms with E-state index in [-0.39, 0.29) is 23.7 Å². The molecule has 1 amide bonds. The zero-order valence-corrected chi connectivity index (χ0v) is 13.0. The van der Waals surface area contributed by atoms with E-state index in [1.807, 2.05) is 13.0 Å². The molecule has 120 valence electrons. The zero-order valence-electron chi connectivity index (χ0n) is 12.3. The van der Waals surface area contributed by atoms with Crippen LogP contribution in [0.4, 0.5) is 4.79 Å². The largest absolute Gasteiger partial charge is 0.478 e. The second-order valence-electron chi connectivity index (χ2n) is 5.34. The Labute approximate surface area is 136 Å². The van der Waals surface area contributed by atoms with Gasteiger partial charge in [0.1, 0.15) is 5.56 Å². The summed E-state index contributed by atoms with van der Waals surface area (Å²) in [5.74, 6) is -1.17. The van der Waals surface area contributed by atoms with Gasteiger partial charge < -0.3 is 19.7 Å². The fraction of sp³-hybridized carbons (Fsp3) is 0.267. The Morgan fingerprint density at radius 2 is 2.04 bits per heavy atom. The smallest absolute Gasteiger partial charge is 0.407 e. The van der Waals surface area contributed by atoms with Gasteiger partial charge >= 0.3 is 12.1 Å². The number of hydrogen-bond acceptors (Lipinski definition) is 3. The minimum absolute atomic E-state index is 0.00397. The molecule has 3 rings (SSSR count). The number of aryl methyl sites for hydroxylation is 1. The molecule has 0 saturated heterocycles. The van der Waals surface area contributed by atoms with E-state index < -0.39 is 12.1 Å². The highest BCUT2D eigenvalue weighted by Gasteiger charge is 2.32. The number of fused-ring (bicyclic) bond motifs is 1. The van der Waals surface area contributed by atoms with Gasteiger partial charge in [0.05, 0.1) is 23.0 Å². The number of nitrogens with zero attached hydrogens (tertiary/aromatic N) is 3. The van der Waals surface area contributed by atoms with E-state index in [1.165, 1.54) is 4.90 Å². The predicted molar refractivity (Wildman–Crippen MR) is 82.8 cm³/mol. The summed E-state index contributed by atoms with van der Waals surface area (Å²) < 4.78 is 1.79. The predicted octanol–water partition coefficient (Wildman–Crippen LogP) is 2.70. The number of pyridine rings is 1. The molecule has 1 aliphatic heterocycles. The average molecular weight is 336 g/mol. The summed E-state index contributed by atoms with van der Waals surface area (Å²) in [4.78, 5) is 28.1. The van der Waals surface area contributed by atoms with Crippen molar-refractivity contribution in [3.05, 3.63) is 40.3 Å². The molecule has 7 nitrogen and oxygen atoms in total. The lowest BCUT2D eigenvalue weighted by Gasteiger charge is -2.27. The van der Waals surface area contributed by atoms with Crippen LogP contribution in [0.2, 0.25) is 5.02 Å². The first-order chi connectivity index (χ1) is 10.9. The Morgan fingerprint density at radius 3 is 2.65 bits per heavy atom. The summed E-state index contributed by atoms with van der Waals surface area (Å²) in [6, 6.07) is 1.82. The van der Waals surface area contributed by atoms with Gasteiger partial charge in [0.25, 0.3) is 0 Å². The Bertz CT molecular complexity index is 815. The molecule has 0 aromatic carbocycles. The Hall–Kier alpha value is -2.54. The van der Waals surface area contributed by atoms with Crippen LogP contribution in [0.15, 0.2) is 18.5 Å². The molecule has 0 bridgehead atoms. The average Bonchev–Trinajstić information content (AvgIpc) is 2.79. The SMILES string of the molecule is Cc1ccncc1-c1c(Cl)c(C(=O)O)c2n1CCN(C(=O)O)C2. The molecular formula is C15H14ClN3O4. The molecule has 2 aromatic rings. The summed E-state index contributed by atoms with van der Waals surface area (Å²) in [5.41, 5.74) is 2.59. The van der Waals surface area contributed by atoms with E-state index >= 15 is 0 Å². The topological polar surface area (TPSA) is 95.7 Å². The van der Waals surface area contributed by atoms with E-state index in [0.717, 1.165) is 11.1 Å². The molecule has 2 N–H and O–H groups in total. The second-order valence-corrected chi connectivity index (χ2v) is 5.71. The lowest BCUT2D eigenvalue weighted by Crippen LogP contribution is -2.37. The number of carbonyl (C=O) groups is 2. The van der Waals surface area contributed by atoms with Gasteiger partial charge in [-0.2, -0.15) is 0 Å². The fourth-order valence-corrected chi connectivity index (χ4v) is 3.28. The third kappa shape index (κ3) is 2.43. The van der Waals surface area contributed by atoms with E-state index in [2.05, 4.69) is 4.98 Å². The van der Waals surface area contributed by atoms with Crippen LogP contribution < -0.4 is 0 Å². The monoisotopic (exact) mass is 335 g/mol. The van der Waals surface area contributed by atoms with Crippen molar-refractivity contribution in [2.45, 2.75) is 20.0 Å². The van der Waals surface area contributed by atoms with Gasteiger partial charge in [0, 0.05) is 31.0 Å². The molecule has 0 fully saturated rings. The first kappa shape index (κ1) is 15.4. The molecule has 0 spiro atoms. The summed E-state index contributed by atoms with van der Waals surface area (Å²) in [7, 11) is 0. The number of carboxylic acids is 1. The third-order valence-corrected chi connectivity index (χ3v) is 4.39. The normalized spacial score (nSPS) is 13.7. The minimum Gasteiger partial charge on any atom is -0.478 e. The lowest BCUT2D eigenvalue weighted by molar-refractivity contribution is 0.0691. The van der Waals surface area contributed by atoms with Crippen LogP contribution in [0.3, 0.4) is 0 Å². The number of aromatic carboxylic acids is 1. The molecule has 0 saturated carbocycles. The van der Waals surface area contributed by atoms with Gasteiger partial charge in [0.15, 0.2) is 0 Å². The van der Waals surface area contributed by atoms with Gasteiger partial charge in [-0.05, 0) is 18.6 Å². The number of rotatable bonds is 2. The van der Waals surface area contributed by atoms with E-state index in [9.17, 15) is 14.7 Å². The summed E-state index contributed by atoms with van der Waals surface area (Å²) in [6.45, 7) is 2.51. The molecule has 3 heterocycles. The van der Waals surface area contributed by atoms with E-state index in [0.29, 0.717) is 17.9 Å². The molecule has 1 aliphatic rings. The van der Waals surface area contributed by atoms with Crippen molar-refractivity contribution >= 4 is 23.7 Å². The standard InChI is InChI=1S/C15H14ClN3O4/c1-8-2-3-17-6-9(8)13-12(16)11(14(20)21)10-7-18(15(22)23)4-5-19(10)13/h2-3,6H,4-5,7H2,1H3,(H,20,21)(H,22,23). The Kier molecular flexibility index (Phi) is 3.73. The number of carboxylic acid groups (broad SMARTS) is 2. The van der Waals surface area contributed by atoms with Gasteiger partial charge in [0.2, 0.25) is 0 Å². The highest BCUT2D eigenvalue weighted by atomic mass is 35.5. The number of hydrogen-bond donors (Lipinski definition) is 2. The Balaban J connectivity index is 2.24. The molecule has 2 aromatic heterocycles. The summed E-state index contributed by atoms with van der Waals surface area (Å²) in [6.07, 6.45) is 2.21. The summed E-state index contributed by atoms with van der Waals surface area (Å²) in [5, 5.41) is 18.8. The Morgan fingerprint density at radius 1 is 1.30 bits per heavy atom. The van der Waals surface area contributed by atoms with Crippen LogP contribution in [0.25, 0.3) is 11.3 Å². The zero-order chi connectivity index (χ0) is 16.7. The maximum atomic E-state index is 11.6. The third-order valence-electron chi connectivity index (χ3n) is 4.02. The first-order valence-corrected chi connectivity index (χ1v) is 7.32. The van der Waals surface area contributed by atoms with Crippen LogP contribution in [0.5, 0.6) is 0 Å². The van der Waals surface area contributed by atoms with Gasteiger partial charge in [-0.15, -0.1) is 0 Å². The quantitative estimate of drug-likeness (QED) is 0.879. The molecule has 0 aliphatic carbocycles. The van der Waals surface area contributed by atoms with Crippen LogP contribution in [0.1, 0.15) is 21.6 Å². The van der Waals surface area contributed by atoms with Crippen molar-refractivity contribution < 1.29 is 19.8 Å². The van der Waals surface area contributed by atoms with Crippen LogP contribution in [-0.2, 0) is 13.1 Å². The lowest BCUT2D eigenvalue weighted by atomic mass is 10.1. The number of amides is 1. The van der Waals surface area contributed by atoms with E-state index in [4.69, 9.17) is 16.7 Å². The molecule has 8 heteroatoms. The van der Waals surface area contributed by atoms with E-state index in [1.54, 1.807) is 17.0 Å². The van der Waals surface area contributed by atoms with Crippen LogP contribution >= 0.6 is 11.6 Å². The van der Waals surface area contributed by atoms with Crippen molar-refractivity contribution in [3.63, 3.8) is 0 Å². The maximum Gasteiger partial charge on any atom is 0.407 e. The van der Waals surface area contributed by atoms with Gasteiger partial charge in [-0.3, -0.25) is 4.98 Å². The van der Waals surface area contributed by atoms with Crippen LogP contribution in [0, 0.1) is 6.92 Å². The number of halogens is 1. The van der Waals surface area contributed by atoms with Crippen molar-refractivity contribution in [2.24, 2.45) is 0 Å². The highest BCUT2D eigenvalue weighted by molar-refractivity contribution is 6.36. The first-order valence-electron chi connectivity index (χ1n) is 6.94. The van der Waals surface area contributed by atoms with Crippen molar-refractivity contribution in [3.8, 4) is 11.3 Å². The molecule has 0 atom stereocenters. The highest BCUT2D eigenvalue weighted by Crippen LogP contribution is 2.38. The van der Waals surface area contributed by atoms with Crippen molar-refractivity contribution in [1.82, 2.24) is 14.5 Å². The van der Waals surface area contributed by atoms with Gasteiger partial charge in [-0.1, -0.05) is 11.6 Å². The maximum absolute atomic E-state index is 11.6. The number of aromatic nitrogens is 2. The summed E-state index contributed by atoms with van der Waals surface area (Å²) >= 11 is 6.35. The minimum atomic E-state index is -1.17. The van der Waals surface area contributed by atoms with Crippen molar-refractivity contribution in [2.75, 3.05) is 6.54 Å².